The number of nitrogens with zero attached hydrogens (tertiary/aromatic N) is 2. The maximum atomic E-state index is 12.1. The third kappa shape index (κ3) is 1.65. The molecule has 0 fully saturated rings. The Bertz CT molecular complexity index is 542. The minimum Gasteiger partial charge on any atom is -0.472 e. The average Bonchev–Trinajstić information content (AvgIpc) is 3.07. The molecule has 3 rings (SSSR count). The van der Waals surface area contributed by atoms with Crippen molar-refractivity contribution in [2.75, 3.05) is 6.54 Å². The van der Waals surface area contributed by atoms with E-state index in [-0.39, 0.29) is 11.9 Å². The summed E-state index contributed by atoms with van der Waals surface area (Å²) in [7, 11) is 0. The topological polar surface area (TPSA) is 38.4 Å². The van der Waals surface area contributed by atoms with Crippen LogP contribution in [0.5, 0.6) is 0 Å². The summed E-state index contributed by atoms with van der Waals surface area (Å²) < 4.78 is 7.38. The van der Waals surface area contributed by atoms with Crippen LogP contribution in [0, 0.1) is 0 Å². The third-order valence-corrected chi connectivity index (χ3v) is 3.52. The van der Waals surface area contributed by atoms with E-state index in [1.165, 1.54) is 0 Å². The molecule has 0 saturated heterocycles. The highest BCUT2D eigenvalue weighted by Crippen LogP contribution is 2.32. The van der Waals surface area contributed by atoms with E-state index in [4.69, 9.17) is 4.42 Å². The zero-order valence-electron chi connectivity index (χ0n) is 10.4. The molecule has 4 heteroatoms. The van der Waals surface area contributed by atoms with Gasteiger partial charge in [-0.15, -0.1) is 0 Å². The second-order valence-electron chi connectivity index (χ2n) is 4.53. The number of furan rings is 1. The quantitative estimate of drug-likeness (QED) is 0.813. The Morgan fingerprint density at radius 1 is 1.44 bits per heavy atom. The maximum Gasteiger partial charge on any atom is 0.223 e. The van der Waals surface area contributed by atoms with Crippen molar-refractivity contribution in [3.05, 3.63) is 48.2 Å². The largest absolute Gasteiger partial charge is 0.472 e. The van der Waals surface area contributed by atoms with Gasteiger partial charge in [-0.2, -0.15) is 0 Å². The fourth-order valence-electron chi connectivity index (χ4n) is 2.64. The van der Waals surface area contributed by atoms with E-state index < -0.39 is 0 Å². The Hall–Kier alpha value is -1.97. The van der Waals surface area contributed by atoms with E-state index in [1.54, 1.807) is 12.5 Å². The number of carbonyl (C=O) groups excluding carboxylic acids is 1. The molecule has 3 heterocycles. The van der Waals surface area contributed by atoms with Gasteiger partial charge in [0.25, 0.3) is 0 Å². The molecule has 0 unspecified atom stereocenters. The first-order chi connectivity index (χ1) is 8.81. The fraction of sp³-hybridized carbons (Fsp3) is 0.357. The van der Waals surface area contributed by atoms with Crippen LogP contribution in [-0.4, -0.2) is 21.9 Å². The van der Waals surface area contributed by atoms with Crippen LogP contribution < -0.4 is 0 Å². The molecule has 0 saturated carbocycles. The monoisotopic (exact) mass is 244 g/mol. The Balaban J connectivity index is 2.05. The SMILES string of the molecule is CCC(=O)N1CCn2cccc2[C@H]1c1ccoc1. The summed E-state index contributed by atoms with van der Waals surface area (Å²) in [6.45, 7) is 3.52. The van der Waals surface area contributed by atoms with Gasteiger partial charge >= 0.3 is 0 Å². The van der Waals surface area contributed by atoms with Crippen LogP contribution in [0.1, 0.15) is 30.6 Å². The highest BCUT2D eigenvalue weighted by Gasteiger charge is 2.31. The Morgan fingerprint density at radius 2 is 2.33 bits per heavy atom. The number of hydrogen-bond donors (Lipinski definition) is 0. The van der Waals surface area contributed by atoms with Crippen molar-refractivity contribution >= 4 is 5.91 Å². The summed E-state index contributed by atoms with van der Waals surface area (Å²) >= 11 is 0. The van der Waals surface area contributed by atoms with Crippen LogP contribution >= 0.6 is 0 Å². The molecule has 2 aromatic rings. The van der Waals surface area contributed by atoms with Gasteiger partial charge in [-0.1, -0.05) is 6.92 Å². The van der Waals surface area contributed by atoms with Crippen LogP contribution in [0.4, 0.5) is 0 Å². The standard InChI is InChI=1S/C14H16N2O2/c1-2-13(17)16-8-7-15-6-3-4-12(15)14(16)11-5-9-18-10-11/h3-6,9-10,14H,2,7-8H2,1H3/t14-/m1/s1. The summed E-state index contributed by atoms with van der Waals surface area (Å²) in [6.07, 6.45) is 5.99. The molecule has 1 amide bonds. The minimum absolute atomic E-state index is 0.0139. The normalized spacial score (nSPS) is 18.7. The van der Waals surface area contributed by atoms with Crippen molar-refractivity contribution in [3.63, 3.8) is 0 Å². The van der Waals surface area contributed by atoms with Gasteiger partial charge in [0.2, 0.25) is 5.91 Å². The lowest BCUT2D eigenvalue weighted by molar-refractivity contribution is -0.133. The van der Waals surface area contributed by atoms with E-state index in [2.05, 4.69) is 16.8 Å². The third-order valence-electron chi connectivity index (χ3n) is 3.52. The molecule has 0 N–H and O–H groups in total. The van der Waals surface area contributed by atoms with Gasteiger partial charge in [0.05, 0.1) is 12.5 Å². The molecule has 0 aliphatic carbocycles. The Kier molecular flexibility index (Phi) is 2.70. The van der Waals surface area contributed by atoms with Crippen LogP contribution in [0.25, 0.3) is 0 Å². The van der Waals surface area contributed by atoms with Crippen molar-refractivity contribution in [2.24, 2.45) is 0 Å². The summed E-state index contributed by atoms with van der Waals surface area (Å²) in [5.41, 5.74) is 2.20. The molecule has 0 spiro atoms. The lowest BCUT2D eigenvalue weighted by Crippen LogP contribution is -2.41. The highest BCUT2D eigenvalue weighted by atomic mass is 16.3. The van der Waals surface area contributed by atoms with E-state index in [0.717, 1.165) is 24.3 Å². The predicted octanol–water partition coefficient (Wildman–Crippen LogP) is 2.42. The minimum atomic E-state index is -0.0139. The van der Waals surface area contributed by atoms with Gasteiger partial charge in [0, 0.05) is 37.0 Å². The van der Waals surface area contributed by atoms with Gasteiger partial charge in [0.15, 0.2) is 0 Å². The molecule has 4 nitrogen and oxygen atoms in total. The number of carbonyl (C=O) groups is 1. The van der Waals surface area contributed by atoms with Gasteiger partial charge in [-0.25, -0.2) is 0 Å². The smallest absolute Gasteiger partial charge is 0.223 e. The summed E-state index contributed by atoms with van der Waals surface area (Å²) in [5, 5.41) is 0. The Labute approximate surface area is 106 Å². The molecular weight excluding hydrogens is 228 g/mol. The summed E-state index contributed by atoms with van der Waals surface area (Å²) in [6, 6.07) is 6.03. The predicted molar refractivity (Wildman–Crippen MR) is 67.0 cm³/mol. The van der Waals surface area contributed by atoms with Gasteiger partial charge in [0.1, 0.15) is 6.04 Å². The zero-order valence-corrected chi connectivity index (χ0v) is 10.4. The number of hydrogen-bond acceptors (Lipinski definition) is 2. The molecule has 1 aliphatic rings. The van der Waals surface area contributed by atoms with E-state index in [0.29, 0.717) is 6.42 Å². The van der Waals surface area contributed by atoms with Crippen LogP contribution in [-0.2, 0) is 11.3 Å². The van der Waals surface area contributed by atoms with Crippen molar-refractivity contribution in [3.8, 4) is 0 Å². The van der Waals surface area contributed by atoms with Crippen LogP contribution in [0.3, 0.4) is 0 Å². The van der Waals surface area contributed by atoms with Gasteiger partial charge in [-0.3, -0.25) is 4.79 Å². The number of fused-ring (bicyclic) bond motifs is 1. The molecule has 1 atom stereocenters. The first-order valence-corrected chi connectivity index (χ1v) is 6.28. The average molecular weight is 244 g/mol. The molecule has 0 bridgehead atoms. The Morgan fingerprint density at radius 3 is 3.06 bits per heavy atom. The molecule has 94 valence electrons. The first kappa shape index (κ1) is 11.1. The zero-order chi connectivity index (χ0) is 12.5. The number of aromatic nitrogens is 1. The molecule has 0 radical (unpaired) electrons. The van der Waals surface area contributed by atoms with Crippen molar-refractivity contribution in [1.82, 2.24) is 9.47 Å². The van der Waals surface area contributed by atoms with Gasteiger partial charge < -0.3 is 13.9 Å². The lowest BCUT2D eigenvalue weighted by Gasteiger charge is -2.36. The van der Waals surface area contributed by atoms with Crippen molar-refractivity contribution < 1.29 is 9.21 Å². The molecular formula is C14H16N2O2. The van der Waals surface area contributed by atoms with Crippen molar-refractivity contribution in [1.29, 1.82) is 0 Å². The first-order valence-electron chi connectivity index (χ1n) is 6.28. The summed E-state index contributed by atoms with van der Waals surface area (Å²) in [5.74, 6) is 0.189. The number of rotatable bonds is 2. The lowest BCUT2D eigenvalue weighted by atomic mass is 10.0. The second kappa shape index (κ2) is 4.37. The van der Waals surface area contributed by atoms with E-state index in [1.807, 2.05) is 24.0 Å². The van der Waals surface area contributed by atoms with Gasteiger partial charge in [-0.05, 0) is 18.2 Å². The van der Waals surface area contributed by atoms with Crippen LogP contribution in [0.2, 0.25) is 0 Å². The van der Waals surface area contributed by atoms with E-state index >= 15 is 0 Å². The molecule has 0 aromatic carbocycles. The molecule has 18 heavy (non-hydrogen) atoms. The maximum absolute atomic E-state index is 12.1. The van der Waals surface area contributed by atoms with E-state index in [9.17, 15) is 4.79 Å². The second-order valence-corrected chi connectivity index (χ2v) is 4.53. The number of amides is 1. The molecule has 1 aliphatic heterocycles. The fourth-order valence-corrected chi connectivity index (χ4v) is 2.64. The van der Waals surface area contributed by atoms with Crippen molar-refractivity contribution in [2.45, 2.75) is 25.9 Å². The van der Waals surface area contributed by atoms with Crippen LogP contribution in [0.15, 0.2) is 41.3 Å². The highest BCUT2D eigenvalue weighted by molar-refractivity contribution is 5.77. The summed E-state index contributed by atoms with van der Waals surface area (Å²) in [4.78, 5) is 14.0. The molecule has 2 aromatic heterocycles.